The van der Waals surface area contributed by atoms with Crippen LogP contribution in [0.5, 0.6) is 5.75 Å². The van der Waals surface area contributed by atoms with Crippen LogP contribution in [0.2, 0.25) is 0 Å². The molecule has 23 heavy (non-hydrogen) atoms. The average molecular weight is 311 g/mol. The van der Waals surface area contributed by atoms with Crippen LogP contribution in [-0.4, -0.2) is 12.0 Å². The van der Waals surface area contributed by atoms with Gasteiger partial charge in [0.05, 0.1) is 0 Å². The van der Waals surface area contributed by atoms with Gasteiger partial charge in [-0.3, -0.25) is 4.79 Å². The first-order valence-corrected chi connectivity index (χ1v) is 8.06. The normalized spacial score (nSPS) is 11.8. The molecule has 3 nitrogen and oxygen atoms in total. The highest BCUT2D eigenvalue weighted by Gasteiger charge is 2.18. The molecule has 1 amide bonds. The van der Waals surface area contributed by atoms with Crippen LogP contribution in [0.4, 0.5) is 0 Å². The van der Waals surface area contributed by atoms with Gasteiger partial charge in [0, 0.05) is 6.54 Å². The summed E-state index contributed by atoms with van der Waals surface area (Å²) >= 11 is 0. The summed E-state index contributed by atoms with van der Waals surface area (Å²) in [6.07, 6.45) is 0.161. The van der Waals surface area contributed by atoms with Gasteiger partial charge >= 0.3 is 0 Å². The second-order valence-corrected chi connectivity index (χ2v) is 5.97. The molecule has 0 heterocycles. The van der Waals surface area contributed by atoms with Gasteiger partial charge in [-0.15, -0.1) is 0 Å². The molecule has 3 heteroatoms. The molecule has 2 rings (SSSR count). The van der Waals surface area contributed by atoms with Crippen LogP contribution in [0.1, 0.15) is 35.6 Å². The molecule has 122 valence electrons. The van der Waals surface area contributed by atoms with Gasteiger partial charge < -0.3 is 10.1 Å². The maximum Gasteiger partial charge on any atom is 0.261 e. The second-order valence-electron chi connectivity index (χ2n) is 5.97. The number of rotatable bonds is 6. The highest BCUT2D eigenvalue weighted by Crippen LogP contribution is 2.18. The van der Waals surface area contributed by atoms with Crippen molar-refractivity contribution in [1.29, 1.82) is 0 Å². The van der Waals surface area contributed by atoms with Gasteiger partial charge in [0.2, 0.25) is 0 Å². The van der Waals surface area contributed by atoms with Crippen LogP contribution >= 0.6 is 0 Å². The minimum atomic E-state index is -0.470. The van der Waals surface area contributed by atoms with E-state index in [1.165, 1.54) is 11.1 Å². The Morgan fingerprint density at radius 3 is 2.52 bits per heavy atom. The fourth-order valence-corrected chi connectivity index (χ4v) is 2.40. The van der Waals surface area contributed by atoms with E-state index in [0.717, 1.165) is 16.9 Å². The maximum atomic E-state index is 12.4. The van der Waals surface area contributed by atoms with Crippen molar-refractivity contribution in [3.05, 3.63) is 64.7 Å². The topological polar surface area (TPSA) is 38.3 Å². The van der Waals surface area contributed by atoms with Crippen molar-refractivity contribution in [3.8, 4) is 5.75 Å². The van der Waals surface area contributed by atoms with E-state index < -0.39 is 6.10 Å². The number of nitrogens with one attached hydrogen (secondary N) is 1. The molecular formula is C20H25NO2. The van der Waals surface area contributed by atoms with Crippen molar-refractivity contribution < 1.29 is 9.53 Å². The van der Waals surface area contributed by atoms with E-state index in [4.69, 9.17) is 4.74 Å². The van der Waals surface area contributed by atoms with Crippen LogP contribution in [0.15, 0.2) is 42.5 Å². The minimum absolute atomic E-state index is 0.0766. The van der Waals surface area contributed by atoms with Crippen molar-refractivity contribution >= 4 is 5.91 Å². The largest absolute Gasteiger partial charge is 0.481 e. The molecule has 0 aliphatic heterocycles. The molecule has 0 radical (unpaired) electrons. The minimum Gasteiger partial charge on any atom is -0.481 e. The zero-order valence-corrected chi connectivity index (χ0v) is 14.3. The molecule has 0 saturated heterocycles. The molecule has 0 aromatic heterocycles. The van der Waals surface area contributed by atoms with E-state index in [1.807, 2.05) is 57.2 Å². The zero-order valence-electron chi connectivity index (χ0n) is 14.3. The van der Waals surface area contributed by atoms with Crippen LogP contribution in [-0.2, 0) is 11.3 Å². The predicted octanol–water partition coefficient (Wildman–Crippen LogP) is 4.09. The molecule has 0 spiro atoms. The number of carbonyl (C=O) groups excluding carboxylic acids is 1. The summed E-state index contributed by atoms with van der Waals surface area (Å²) in [5.41, 5.74) is 4.67. The Morgan fingerprint density at radius 2 is 1.87 bits per heavy atom. The molecule has 0 unspecified atom stereocenters. The summed E-state index contributed by atoms with van der Waals surface area (Å²) in [7, 11) is 0. The number of ether oxygens (including phenoxy) is 1. The van der Waals surface area contributed by atoms with Crippen molar-refractivity contribution in [2.45, 2.75) is 46.8 Å². The van der Waals surface area contributed by atoms with Gasteiger partial charge in [-0.25, -0.2) is 0 Å². The van der Waals surface area contributed by atoms with Gasteiger partial charge in [0.15, 0.2) is 6.10 Å². The van der Waals surface area contributed by atoms with Crippen molar-refractivity contribution in [2.24, 2.45) is 0 Å². The third-order valence-corrected chi connectivity index (χ3v) is 3.97. The lowest BCUT2D eigenvalue weighted by Gasteiger charge is -2.18. The van der Waals surface area contributed by atoms with Crippen LogP contribution < -0.4 is 10.1 Å². The summed E-state index contributed by atoms with van der Waals surface area (Å²) in [4.78, 5) is 12.4. The first-order valence-electron chi connectivity index (χ1n) is 8.06. The van der Waals surface area contributed by atoms with Gasteiger partial charge in [-0.05, 0) is 56.0 Å². The lowest BCUT2D eigenvalue weighted by atomic mass is 10.1. The molecule has 2 aromatic carbocycles. The highest BCUT2D eigenvalue weighted by atomic mass is 16.5. The molecule has 0 bridgehead atoms. The zero-order chi connectivity index (χ0) is 16.8. The van der Waals surface area contributed by atoms with E-state index in [2.05, 4.69) is 18.3 Å². The van der Waals surface area contributed by atoms with Crippen LogP contribution in [0.3, 0.4) is 0 Å². The number of benzene rings is 2. The number of carbonyl (C=O) groups is 1. The highest BCUT2D eigenvalue weighted by molar-refractivity contribution is 5.81. The first-order chi connectivity index (χ1) is 11.0. The molecule has 1 N–H and O–H groups in total. The Hall–Kier alpha value is -2.29. The lowest BCUT2D eigenvalue weighted by Crippen LogP contribution is -2.37. The standard InChI is InChI=1S/C20H25NO2/c1-5-19(23-18-10-9-15(3)16(4)12-18)20(22)21-13-17-8-6-7-14(2)11-17/h6-12,19H,5,13H2,1-4H3,(H,21,22)/t19-/m1/s1. The molecule has 0 aliphatic rings. The second kappa shape index (κ2) is 7.82. The summed E-state index contributed by atoms with van der Waals surface area (Å²) in [6.45, 7) is 8.63. The third-order valence-electron chi connectivity index (χ3n) is 3.97. The van der Waals surface area contributed by atoms with Gasteiger partial charge in [0.1, 0.15) is 5.75 Å². The van der Waals surface area contributed by atoms with Gasteiger partial charge in [0.25, 0.3) is 5.91 Å². The first kappa shape index (κ1) is 17.1. The lowest BCUT2D eigenvalue weighted by molar-refractivity contribution is -0.128. The number of aryl methyl sites for hydroxylation is 3. The smallest absolute Gasteiger partial charge is 0.261 e. The fourth-order valence-electron chi connectivity index (χ4n) is 2.40. The summed E-state index contributed by atoms with van der Waals surface area (Å²) in [6, 6.07) is 14.0. The Labute approximate surface area is 138 Å². The SMILES string of the molecule is CC[C@@H](Oc1ccc(C)c(C)c1)C(=O)NCc1cccc(C)c1. The van der Waals surface area contributed by atoms with E-state index in [9.17, 15) is 4.79 Å². The number of hydrogen-bond acceptors (Lipinski definition) is 2. The van der Waals surface area contributed by atoms with E-state index in [0.29, 0.717) is 13.0 Å². The van der Waals surface area contributed by atoms with Crippen molar-refractivity contribution in [3.63, 3.8) is 0 Å². The Kier molecular flexibility index (Phi) is 5.80. The summed E-state index contributed by atoms with van der Waals surface area (Å²) in [5, 5.41) is 2.96. The number of hydrogen-bond donors (Lipinski definition) is 1. The van der Waals surface area contributed by atoms with Crippen molar-refractivity contribution in [1.82, 2.24) is 5.32 Å². The number of amides is 1. The van der Waals surface area contributed by atoms with Crippen molar-refractivity contribution in [2.75, 3.05) is 0 Å². The summed E-state index contributed by atoms with van der Waals surface area (Å²) in [5.74, 6) is 0.665. The fraction of sp³-hybridized carbons (Fsp3) is 0.350. The summed E-state index contributed by atoms with van der Waals surface area (Å²) < 4.78 is 5.86. The maximum absolute atomic E-state index is 12.4. The Morgan fingerprint density at radius 1 is 1.09 bits per heavy atom. The van der Waals surface area contributed by atoms with Crippen LogP contribution in [0, 0.1) is 20.8 Å². The van der Waals surface area contributed by atoms with Gasteiger partial charge in [-0.1, -0.05) is 42.8 Å². The Bertz CT molecular complexity index is 679. The van der Waals surface area contributed by atoms with Crippen LogP contribution in [0.25, 0.3) is 0 Å². The quantitative estimate of drug-likeness (QED) is 0.872. The molecule has 1 atom stereocenters. The molecule has 2 aromatic rings. The van der Waals surface area contributed by atoms with E-state index in [1.54, 1.807) is 0 Å². The third kappa shape index (κ3) is 4.85. The monoisotopic (exact) mass is 311 g/mol. The van der Waals surface area contributed by atoms with E-state index in [-0.39, 0.29) is 5.91 Å². The Balaban J connectivity index is 1.96. The molecule has 0 aliphatic carbocycles. The predicted molar refractivity (Wildman–Crippen MR) is 93.6 cm³/mol. The molecule has 0 fully saturated rings. The van der Waals surface area contributed by atoms with E-state index >= 15 is 0 Å². The van der Waals surface area contributed by atoms with Gasteiger partial charge in [-0.2, -0.15) is 0 Å². The average Bonchev–Trinajstić information content (AvgIpc) is 2.53. The molecule has 0 saturated carbocycles. The molecular weight excluding hydrogens is 286 g/mol.